The van der Waals surface area contributed by atoms with E-state index in [1.165, 1.54) is 6.42 Å². The maximum atomic E-state index is 11.5. The first-order valence-corrected chi connectivity index (χ1v) is 5.47. The molecule has 74 valence electrons. The fraction of sp³-hybridized carbons (Fsp3) is 0.889. The average molecular weight is 200 g/mol. The second-order valence-electron chi connectivity index (χ2n) is 3.90. The van der Waals surface area contributed by atoms with E-state index in [1.54, 1.807) is 0 Å². The SMILES string of the molecule is O=C1CC(S)CN1[C@@H]1CCCNC1. The van der Waals surface area contributed by atoms with Crippen molar-refractivity contribution in [2.45, 2.75) is 30.6 Å². The van der Waals surface area contributed by atoms with Gasteiger partial charge in [-0.3, -0.25) is 4.79 Å². The van der Waals surface area contributed by atoms with Gasteiger partial charge in [0.05, 0.1) is 0 Å². The topological polar surface area (TPSA) is 32.3 Å². The van der Waals surface area contributed by atoms with Crippen LogP contribution in [0.5, 0.6) is 0 Å². The van der Waals surface area contributed by atoms with Gasteiger partial charge in [-0.05, 0) is 19.4 Å². The molecule has 2 aliphatic rings. The highest BCUT2D eigenvalue weighted by molar-refractivity contribution is 7.81. The van der Waals surface area contributed by atoms with E-state index in [1.807, 2.05) is 4.90 Å². The third-order valence-corrected chi connectivity index (χ3v) is 3.20. The van der Waals surface area contributed by atoms with E-state index >= 15 is 0 Å². The minimum Gasteiger partial charge on any atom is -0.337 e. The number of nitrogens with one attached hydrogen (secondary N) is 1. The van der Waals surface area contributed by atoms with Gasteiger partial charge in [-0.15, -0.1) is 0 Å². The summed E-state index contributed by atoms with van der Waals surface area (Å²) in [5.41, 5.74) is 0. The van der Waals surface area contributed by atoms with Crippen molar-refractivity contribution >= 4 is 18.5 Å². The van der Waals surface area contributed by atoms with Gasteiger partial charge < -0.3 is 10.2 Å². The molecule has 0 bridgehead atoms. The Bertz CT molecular complexity index is 204. The lowest BCUT2D eigenvalue weighted by Crippen LogP contribution is -2.46. The van der Waals surface area contributed by atoms with Crippen LogP contribution in [-0.2, 0) is 4.79 Å². The highest BCUT2D eigenvalue weighted by Crippen LogP contribution is 2.21. The molecule has 2 fully saturated rings. The Balaban J connectivity index is 1.95. The number of piperidine rings is 1. The van der Waals surface area contributed by atoms with E-state index in [9.17, 15) is 4.79 Å². The van der Waals surface area contributed by atoms with Crippen LogP contribution in [0.2, 0.25) is 0 Å². The fourth-order valence-electron chi connectivity index (χ4n) is 2.16. The van der Waals surface area contributed by atoms with Gasteiger partial charge in [-0.1, -0.05) is 0 Å². The van der Waals surface area contributed by atoms with Crippen molar-refractivity contribution in [3.05, 3.63) is 0 Å². The van der Waals surface area contributed by atoms with Crippen molar-refractivity contribution < 1.29 is 4.79 Å². The van der Waals surface area contributed by atoms with Crippen LogP contribution in [0.4, 0.5) is 0 Å². The largest absolute Gasteiger partial charge is 0.337 e. The van der Waals surface area contributed by atoms with Crippen LogP contribution in [0.3, 0.4) is 0 Å². The second kappa shape index (κ2) is 3.88. The van der Waals surface area contributed by atoms with E-state index in [2.05, 4.69) is 17.9 Å². The Morgan fingerprint density at radius 1 is 1.54 bits per heavy atom. The molecule has 2 saturated heterocycles. The Labute approximate surface area is 84.3 Å². The molecule has 13 heavy (non-hydrogen) atoms. The molecule has 0 aliphatic carbocycles. The molecule has 3 nitrogen and oxygen atoms in total. The first kappa shape index (κ1) is 9.34. The van der Waals surface area contributed by atoms with Crippen molar-refractivity contribution in [3.8, 4) is 0 Å². The van der Waals surface area contributed by atoms with Gasteiger partial charge in [0.15, 0.2) is 0 Å². The van der Waals surface area contributed by atoms with Gasteiger partial charge >= 0.3 is 0 Å². The average Bonchev–Trinajstić information content (AvgIpc) is 2.47. The summed E-state index contributed by atoms with van der Waals surface area (Å²) in [7, 11) is 0. The molecule has 0 aromatic rings. The first-order valence-electron chi connectivity index (χ1n) is 4.95. The number of thiol groups is 1. The number of amides is 1. The smallest absolute Gasteiger partial charge is 0.224 e. The molecule has 1 amide bonds. The van der Waals surface area contributed by atoms with Crippen LogP contribution in [0.15, 0.2) is 0 Å². The zero-order valence-electron chi connectivity index (χ0n) is 7.70. The number of likely N-dealkylation sites (tertiary alicyclic amines) is 1. The van der Waals surface area contributed by atoms with Crippen LogP contribution in [0.25, 0.3) is 0 Å². The lowest BCUT2D eigenvalue weighted by atomic mass is 10.1. The lowest BCUT2D eigenvalue weighted by Gasteiger charge is -2.31. The number of rotatable bonds is 1. The van der Waals surface area contributed by atoms with E-state index in [-0.39, 0.29) is 11.2 Å². The molecule has 1 N–H and O–H groups in total. The van der Waals surface area contributed by atoms with Gasteiger partial charge in [-0.25, -0.2) is 0 Å². The van der Waals surface area contributed by atoms with Crippen molar-refractivity contribution in [1.82, 2.24) is 10.2 Å². The van der Waals surface area contributed by atoms with Gasteiger partial charge in [0.25, 0.3) is 0 Å². The molecule has 2 atom stereocenters. The van der Waals surface area contributed by atoms with Crippen molar-refractivity contribution in [1.29, 1.82) is 0 Å². The minimum absolute atomic E-state index is 0.259. The molecule has 0 aromatic carbocycles. The summed E-state index contributed by atoms with van der Waals surface area (Å²) in [4.78, 5) is 13.5. The zero-order chi connectivity index (χ0) is 9.26. The quantitative estimate of drug-likeness (QED) is 0.596. The van der Waals surface area contributed by atoms with E-state index in [0.29, 0.717) is 12.5 Å². The predicted molar refractivity (Wildman–Crippen MR) is 55.0 cm³/mol. The highest BCUT2D eigenvalue weighted by atomic mass is 32.1. The molecule has 0 spiro atoms. The molecule has 2 aliphatic heterocycles. The summed E-state index contributed by atoms with van der Waals surface area (Å²) in [6.45, 7) is 2.91. The van der Waals surface area contributed by atoms with Gasteiger partial charge in [0, 0.05) is 30.8 Å². The molecule has 2 rings (SSSR count). The van der Waals surface area contributed by atoms with Crippen LogP contribution >= 0.6 is 12.6 Å². The molecular weight excluding hydrogens is 184 g/mol. The number of nitrogens with zero attached hydrogens (tertiary/aromatic N) is 1. The third kappa shape index (κ3) is 1.99. The number of hydrogen-bond acceptors (Lipinski definition) is 3. The number of carbonyl (C=O) groups is 1. The van der Waals surface area contributed by atoms with E-state index < -0.39 is 0 Å². The normalized spacial score (nSPS) is 35.5. The van der Waals surface area contributed by atoms with Crippen molar-refractivity contribution in [2.75, 3.05) is 19.6 Å². The van der Waals surface area contributed by atoms with E-state index in [0.717, 1.165) is 26.1 Å². The monoisotopic (exact) mass is 200 g/mol. The third-order valence-electron chi connectivity index (χ3n) is 2.85. The standard InChI is InChI=1S/C9H16N2OS/c12-9-4-8(13)6-11(9)7-2-1-3-10-5-7/h7-8,10,13H,1-6H2/t7-,8?/m1/s1. The Hall–Kier alpha value is -0.220. The molecule has 0 radical (unpaired) electrons. The molecule has 0 aromatic heterocycles. The number of hydrogen-bond donors (Lipinski definition) is 2. The summed E-state index contributed by atoms with van der Waals surface area (Å²) < 4.78 is 0. The zero-order valence-corrected chi connectivity index (χ0v) is 8.59. The molecule has 4 heteroatoms. The van der Waals surface area contributed by atoms with Crippen molar-refractivity contribution in [2.24, 2.45) is 0 Å². The van der Waals surface area contributed by atoms with Gasteiger partial charge in [0.1, 0.15) is 0 Å². The second-order valence-corrected chi connectivity index (χ2v) is 4.63. The van der Waals surface area contributed by atoms with Gasteiger partial charge in [-0.2, -0.15) is 12.6 Å². The molecular formula is C9H16N2OS. The summed E-state index contributed by atoms with van der Waals surface area (Å²) in [6, 6.07) is 0.429. The number of carbonyl (C=O) groups excluding carboxylic acids is 1. The molecule has 2 heterocycles. The summed E-state index contributed by atoms with van der Waals surface area (Å²) in [5.74, 6) is 0.286. The highest BCUT2D eigenvalue weighted by Gasteiger charge is 2.32. The maximum absolute atomic E-state index is 11.5. The lowest BCUT2D eigenvalue weighted by molar-refractivity contribution is -0.129. The van der Waals surface area contributed by atoms with Crippen LogP contribution in [0, 0.1) is 0 Å². The predicted octanol–water partition coefficient (Wildman–Crippen LogP) is 0.269. The summed E-state index contributed by atoms with van der Waals surface area (Å²) >= 11 is 4.35. The van der Waals surface area contributed by atoms with Gasteiger partial charge in [0.2, 0.25) is 5.91 Å². The van der Waals surface area contributed by atoms with Crippen LogP contribution in [0.1, 0.15) is 19.3 Å². The van der Waals surface area contributed by atoms with Crippen molar-refractivity contribution in [3.63, 3.8) is 0 Å². The minimum atomic E-state index is 0.259. The Morgan fingerprint density at radius 3 is 2.92 bits per heavy atom. The van der Waals surface area contributed by atoms with Crippen LogP contribution < -0.4 is 5.32 Å². The molecule has 1 unspecified atom stereocenters. The molecule has 0 saturated carbocycles. The summed E-state index contributed by atoms with van der Waals surface area (Å²) in [5, 5.41) is 3.59. The Kier molecular flexibility index (Phi) is 2.79. The maximum Gasteiger partial charge on any atom is 0.224 e. The first-order chi connectivity index (χ1) is 6.27. The van der Waals surface area contributed by atoms with E-state index in [4.69, 9.17) is 0 Å². The summed E-state index contributed by atoms with van der Waals surface area (Å²) in [6.07, 6.45) is 2.96. The Morgan fingerprint density at radius 2 is 2.38 bits per heavy atom. The van der Waals surface area contributed by atoms with Crippen LogP contribution in [-0.4, -0.2) is 41.7 Å². The fourth-order valence-corrected chi connectivity index (χ4v) is 2.50.